The van der Waals surface area contributed by atoms with Gasteiger partial charge in [0.05, 0.1) is 6.04 Å². The normalized spacial score (nSPS) is 21.0. The van der Waals surface area contributed by atoms with Gasteiger partial charge in [0, 0.05) is 13.0 Å². The molecule has 1 unspecified atom stereocenters. The molecule has 4 nitrogen and oxygen atoms in total. The van der Waals surface area contributed by atoms with Crippen LogP contribution in [-0.2, 0) is 9.53 Å². The van der Waals surface area contributed by atoms with E-state index in [1.807, 2.05) is 55.4 Å². The second-order valence-corrected chi connectivity index (χ2v) is 6.63. The van der Waals surface area contributed by atoms with E-state index in [0.29, 0.717) is 13.0 Å². The number of rotatable bonds is 2. The standard InChI is InChI=1S/C14H25NO3.C2H6/c1-7-10(16)11-14(5,6)8-9-15(11)12(17)18-13(2,3)4;1-2/h11H,7-9H2,1-6H3;1-2H3. The van der Waals surface area contributed by atoms with Crippen molar-refractivity contribution in [3.63, 3.8) is 0 Å². The van der Waals surface area contributed by atoms with Gasteiger partial charge >= 0.3 is 6.09 Å². The highest BCUT2D eigenvalue weighted by Gasteiger charge is 2.47. The van der Waals surface area contributed by atoms with Gasteiger partial charge in [-0.15, -0.1) is 0 Å². The van der Waals surface area contributed by atoms with Crippen molar-refractivity contribution in [1.29, 1.82) is 0 Å². The van der Waals surface area contributed by atoms with Crippen LogP contribution in [0, 0.1) is 5.41 Å². The Bertz CT molecular complexity index is 342. The van der Waals surface area contributed by atoms with E-state index in [2.05, 4.69) is 0 Å². The largest absolute Gasteiger partial charge is 0.444 e. The van der Waals surface area contributed by atoms with E-state index in [1.54, 1.807) is 4.90 Å². The fourth-order valence-corrected chi connectivity index (χ4v) is 2.42. The van der Waals surface area contributed by atoms with Gasteiger partial charge in [0.25, 0.3) is 0 Å². The third-order valence-electron chi connectivity index (χ3n) is 3.33. The van der Waals surface area contributed by atoms with Crippen molar-refractivity contribution in [2.24, 2.45) is 5.41 Å². The zero-order valence-corrected chi connectivity index (χ0v) is 14.4. The van der Waals surface area contributed by atoms with Crippen LogP contribution >= 0.6 is 0 Å². The van der Waals surface area contributed by atoms with Gasteiger partial charge in [-0.3, -0.25) is 9.69 Å². The van der Waals surface area contributed by atoms with E-state index in [9.17, 15) is 9.59 Å². The van der Waals surface area contributed by atoms with Crippen LogP contribution in [0.3, 0.4) is 0 Å². The molecule has 20 heavy (non-hydrogen) atoms. The molecule has 1 amide bonds. The molecule has 1 atom stereocenters. The van der Waals surface area contributed by atoms with Gasteiger partial charge in [0.15, 0.2) is 5.78 Å². The Hall–Kier alpha value is -1.06. The summed E-state index contributed by atoms with van der Waals surface area (Å²) in [7, 11) is 0. The molecule has 1 aliphatic rings. The predicted molar refractivity (Wildman–Crippen MR) is 81.8 cm³/mol. The minimum absolute atomic E-state index is 0.114. The summed E-state index contributed by atoms with van der Waals surface area (Å²) in [5, 5.41) is 0. The van der Waals surface area contributed by atoms with Crippen LogP contribution in [0.2, 0.25) is 0 Å². The Labute approximate surface area is 123 Å². The number of hydrogen-bond acceptors (Lipinski definition) is 3. The Balaban J connectivity index is 0.00000172. The first-order valence-electron chi connectivity index (χ1n) is 7.61. The Morgan fingerprint density at radius 1 is 1.25 bits per heavy atom. The predicted octanol–water partition coefficient (Wildman–Crippen LogP) is 4.03. The van der Waals surface area contributed by atoms with Gasteiger partial charge < -0.3 is 4.74 Å². The van der Waals surface area contributed by atoms with Crippen LogP contribution < -0.4 is 0 Å². The van der Waals surface area contributed by atoms with Gasteiger partial charge in [-0.2, -0.15) is 0 Å². The number of Topliss-reactive ketones (excluding diaryl/α,β-unsaturated/α-hetero) is 1. The molecular weight excluding hydrogens is 254 g/mol. The van der Waals surface area contributed by atoms with Gasteiger partial charge in [0.2, 0.25) is 0 Å². The molecule has 1 aliphatic heterocycles. The number of hydrogen-bond donors (Lipinski definition) is 0. The summed E-state index contributed by atoms with van der Waals surface area (Å²) >= 11 is 0. The molecule has 0 aromatic heterocycles. The van der Waals surface area contributed by atoms with Crippen LogP contribution in [0.5, 0.6) is 0 Å². The van der Waals surface area contributed by atoms with Gasteiger partial charge in [-0.1, -0.05) is 34.6 Å². The quantitative estimate of drug-likeness (QED) is 0.769. The Morgan fingerprint density at radius 2 is 1.75 bits per heavy atom. The minimum Gasteiger partial charge on any atom is -0.444 e. The monoisotopic (exact) mass is 285 g/mol. The molecule has 1 rings (SSSR count). The lowest BCUT2D eigenvalue weighted by Gasteiger charge is -2.32. The summed E-state index contributed by atoms with van der Waals surface area (Å²) in [6.45, 7) is 16.0. The molecule has 1 heterocycles. The van der Waals surface area contributed by atoms with E-state index >= 15 is 0 Å². The van der Waals surface area contributed by atoms with Crippen molar-refractivity contribution in [3.8, 4) is 0 Å². The summed E-state index contributed by atoms with van der Waals surface area (Å²) in [5.41, 5.74) is -0.687. The van der Waals surface area contributed by atoms with Crippen LogP contribution in [0.25, 0.3) is 0 Å². The Morgan fingerprint density at radius 3 is 2.15 bits per heavy atom. The molecule has 0 radical (unpaired) electrons. The Kier molecular flexibility index (Phi) is 6.72. The summed E-state index contributed by atoms with van der Waals surface area (Å²) in [6, 6.07) is -0.350. The summed E-state index contributed by atoms with van der Waals surface area (Å²) < 4.78 is 5.37. The van der Waals surface area contributed by atoms with Crippen LogP contribution in [0.1, 0.15) is 68.2 Å². The molecule has 0 spiro atoms. The third kappa shape index (κ3) is 4.80. The molecule has 118 valence electrons. The first-order chi connectivity index (χ1) is 9.08. The van der Waals surface area contributed by atoms with E-state index < -0.39 is 5.60 Å². The molecule has 0 bridgehead atoms. The maximum Gasteiger partial charge on any atom is 0.410 e. The highest BCUT2D eigenvalue weighted by atomic mass is 16.6. The second kappa shape index (κ2) is 7.09. The first kappa shape index (κ1) is 18.9. The first-order valence-corrected chi connectivity index (χ1v) is 7.61. The highest BCUT2D eigenvalue weighted by Crippen LogP contribution is 2.37. The van der Waals surface area contributed by atoms with Crippen molar-refractivity contribution in [2.45, 2.75) is 79.9 Å². The maximum atomic E-state index is 12.1. The van der Waals surface area contributed by atoms with E-state index in [0.717, 1.165) is 6.42 Å². The van der Waals surface area contributed by atoms with Gasteiger partial charge in [-0.25, -0.2) is 4.79 Å². The summed E-state index contributed by atoms with van der Waals surface area (Å²) in [5.74, 6) is 0.114. The number of ether oxygens (including phenoxy) is 1. The number of nitrogens with zero attached hydrogens (tertiary/aromatic N) is 1. The maximum absolute atomic E-state index is 12.1. The molecule has 0 saturated carbocycles. The summed E-state index contributed by atoms with van der Waals surface area (Å²) in [6.07, 6.45) is 0.913. The van der Waals surface area contributed by atoms with Gasteiger partial charge in [-0.05, 0) is 32.6 Å². The molecule has 4 heteroatoms. The molecular formula is C16H31NO3. The number of amides is 1. The fraction of sp³-hybridized carbons (Fsp3) is 0.875. The van der Waals surface area contributed by atoms with E-state index in [-0.39, 0.29) is 23.3 Å². The van der Waals surface area contributed by atoms with Crippen molar-refractivity contribution in [3.05, 3.63) is 0 Å². The van der Waals surface area contributed by atoms with Crippen molar-refractivity contribution >= 4 is 11.9 Å². The molecule has 1 saturated heterocycles. The number of ketones is 1. The molecule has 0 N–H and O–H groups in total. The number of carbonyl (C=O) groups is 2. The van der Waals surface area contributed by atoms with Crippen molar-refractivity contribution in [1.82, 2.24) is 4.90 Å². The smallest absolute Gasteiger partial charge is 0.410 e. The fourth-order valence-electron chi connectivity index (χ4n) is 2.42. The highest BCUT2D eigenvalue weighted by molar-refractivity contribution is 5.88. The average Bonchev–Trinajstić information content (AvgIpc) is 2.64. The molecule has 1 fully saturated rings. The zero-order chi connectivity index (χ0) is 16.1. The topological polar surface area (TPSA) is 46.6 Å². The minimum atomic E-state index is -0.524. The third-order valence-corrected chi connectivity index (χ3v) is 3.33. The summed E-state index contributed by atoms with van der Waals surface area (Å²) in [4.78, 5) is 25.8. The number of likely N-dealkylation sites (tertiary alicyclic amines) is 1. The lowest BCUT2D eigenvalue weighted by molar-refractivity contribution is -0.125. The van der Waals surface area contributed by atoms with Crippen LogP contribution in [0.15, 0.2) is 0 Å². The molecule has 0 aromatic rings. The van der Waals surface area contributed by atoms with E-state index in [4.69, 9.17) is 4.74 Å². The average molecular weight is 285 g/mol. The van der Waals surface area contributed by atoms with Crippen molar-refractivity contribution in [2.75, 3.05) is 6.54 Å². The van der Waals surface area contributed by atoms with Crippen LogP contribution in [0.4, 0.5) is 4.79 Å². The van der Waals surface area contributed by atoms with Crippen LogP contribution in [-0.4, -0.2) is 35.0 Å². The second-order valence-electron chi connectivity index (χ2n) is 6.63. The van der Waals surface area contributed by atoms with Gasteiger partial charge in [0.1, 0.15) is 5.60 Å². The lowest BCUT2D eigenvalue weighted by Crippen LogP contribution is -2.47. The number of carbonyl (C=O) groups excluding carboxylic acids is 2. The molecule has 0 aliphatic carbocycles. The van der Waals surface area contributed by atoms with E-state index in [1.165, 1.54) is 0 Å². The zero-order valence-electron chi connectivity index (χ0n) is 14.4. The van der Waals surface area contributed by atoms with Crippen molar-refractivity contribution < 1.29 is 14.3 Å². The SMILES string of the molecule is CC.CCC(=O)C1N(C(=O)OC(C)(C)C)CCC1(C)C. The lowest BCUT2D eigenvalue weighted by atomic mass is 9.82. The molecule has 0 aromatic carbocycles.